The van der Waals surface area contributed by atoms with E-state index >= 15 is 0 Å². The minimum Gasteiger partial charge on any atom is -0.495 e. The van der Waals surface area contributed by atoms with E-state index in [0.29, 0.717) is 5.92 Å². The van der Waals surface area contributed by atoms with Gasteiger partial charge in [-0.2, -0.15) is 0 Å². The van der Waals surface area contributed by atoms with Crippen molar-refractivity contribution in [2.75, 3.05) is 19.0 Å². The fraction of sp³-hybridized carbons (Fsp3) is 0.571. The molecule has 0 radical (unpaired) electrons. The van der Waals surface area contributed by atoms with Crippen LogP contribution in [-0.4, -0.2) is 13.7 Å². The second-order valence-electron chi connectivity index (χ2n) is 5.03. The first-order valence-corrected chi connectivity index (χ1v) is 6.29. The van der Waals surface area contributed by atoms with Gasteiger partial charge in [0.2, 0.25) is 0 Å². The monoisotopic (exact) mass is 217 g/mol. The van der Waals surface area contributed by atoms with Gasteiger partial charge in [0.25, 0.3) is 0 Å². The molecule has 0 spiro atoms. The molecule has 1 aliphatic heterocycles. The standard InChI is InChI=1S/C14H19NO/c1-16-13-7-3-6-12-11(9-15-14(12)13)8-10-4-2-5-10/h3,6-7,10-11,15H,2,4-5,8-9H2,1H3. The quantitative estimate of drug-likeness (QED) is 0.838. The lowest BCUT2D eigenvalue weighted by Gasteiger charge is -2.28. The molecule has 0 amide bonds. The van der Waals surface area contributed by atoms with Gasteiger partial charge in [0.05, 0.1) is 12.8 Å². The summed E-state index contributed by atoms with van der Waals surface area (Å²) in [5.74, 6) is 2.67. The molecule has 1 fully saturated rings. The van der Waals surface area contributed by atoms with E-state index < -0.39 is 0 Å². The summed E-state index contributed by atoms with van der Waals surface area (Å²) < 4.78 is 5.39. The van der Waals surface area contributed by atoms with Gasteiger partial charge in [-0.05, 0) is 24.0 Å². The van der Waals surface area contributed by atoms with Gasteiger partial charge in [0.15, 0.2) is 0 Å². The molecular weight excluding hydrogens is 198 g/mol. The molecule has 16 heavy (non-hydrogen) atoms. The molecule has 86 valence electrons. The van der Waals surface area contributed by atoms with Crippen molar-refractivity contribution < 1.29 is 4.74 Å². The Hall–Kier alpha value is -1.18. The van der Waals surface area contributed by atoms with Crippen LogP contribution in [0.5, 0.6) is 5.75 Å². The van der Waals surface area contributed by atoms with Crippen LogP contribution in [0.4, 0.5) is 5.69 Å². The highest BCUT2D eigenvalue weighted by Gasteiger charge is 2.29. The van der Waals surface area contributed by atoms with Crippen LogP contribution in [0.15, 0.2) is 18.2 Å². The molecule has 1 saturated carbocycles. The molecule has 1 aliphatic carbocycles. The van der Waals surface area contributed by atoms with Gasteiger partial charge in [0, 0.05) is 12.5 Å². The Morgan fingerprint density at radius 2 is 2.25 bits per heavy atom. The van der Waals surface area contributed by atoms with E-state index in [1.165, 1.54) is 36.9 Å². The highest BCUT2D eigenvalue weighted by molar-refractivity contribution is 5.66. The zero-order valence-corrected chi connectivity index (χ0v) is 9.83. The van der Waals surface area contributed by atoms with Crippen LogP contribution in [0.2, 0.25) is 0 Å². The second kappa shape index (κ2) is 4.00. The maximum absolute atomic E-state index is 5.39. The van der Waals surface area contributed by atoms with Gasteiger partial charge >= 0.3 is 0 Å². The van der Waals surface area contributed by atoms with E-state index in [0.717, 1.165) is 18.2 Å². The number of fused-ring (bicyclic) bond motifs is 1. The van der Waals surface area contributed by atoms with Gasteiger partial charge < -0.3 is 10.1 Å². The Morgan fingerprint density at radius 3 is 2.94 bits per heavy atom. The highest BCUT2D eigenvalue weighted by Crippen LogP contribution is 2.43. The molecule has 0 bridgehead atoms. The number of anilines is 1. The smallest absolute Gasteiger partial charge is 0.142 e. The first-order chi connectivity index (χ1) is 7.88. The van der Waals surface area contributed by atoms with E-state index in [4.69, 9.17) is 4.74 Å². The van der Waals surface area contributed by atoms with Crippen molar-refractivity contribution in [3.63, 3.8) is 0 Å². The van der Waals surface area contributed by atoms with E-state index in [2.05, 4.69) is 17.4 Å². The van der Waals surface area contributed by atoms with Crippen molar-refractivity contribution in [3.8, 4) is 5.75 Å². The second-order valence-corrected chi connectivity index (χ2v) is 5.03. The molecule has 3 rings (SSSR count). The third-order valence-corrected chi connectivity index (χ3v) is 4.09. The number of ether oxygens (including phenoxy) is 1. The van der Waals surface area contributed by atoms with Crippen LogP contribution in [0.25, 0.3) is 0 Å². The number of nitrogens with one attached hydrogen (secondary N) is 1. The van der Waals surface area contributed by atoms with Gasteiger partial charge in [-0.25, -0.2) is 0 Å². The molecule has 1 N–H and O–H groups in total. The van der Waals surface area contributed by atoms with Crippen LogP contribution < -0.4 is 10.1 Å². The molecule has 2 heteroatoms. The van der Waals surface area contributed by atoms with Crippen molar-refractivity contribution in [2.45, 2.75) is 31.6 Å². The molecule has 1 unspecified atom stereocenters. The molecule has 1 aromatic rings. The highest BCUT2D eigenvalue weighted by atomic mass is 16.5. The zero-order valence-electron chi connectivity index (χ0n) is 9.83. The summed E-state index contributed by atoms with van der Waals surface area (Å²) in [6.45, 7) is 1.09. The normalized spacial score (nSPS) is 23.4. The Kier molecular flexibility index (Phi) is 2.50. The third-order valence-electron chi connectivity index (χ3n) is 4.09. The van der Waals surface area contributed by atoms with E-state index in [1.54, 1.807) is 7.11 Å². The summed E-state index contributed by atoms with van der Waals surface area (Å²) in [5, 5.41) is 3.50. The van der Waals surface area contributed by atoms with E-state index in [1.807, 2.05) is 6.07 Å². The fourth-order valence-corrected chi connectivity index (χ4v) is 2.92. The van der Waals surface area contributed by atoms with Gasteiger partial charge in [-0.15, -0.1) is 0 Å². The predicted octanol–water partition coefficient (Wildman–Crippen LogP) is 3.39. The number of benzene rings is 1. The van der Waals surface area contributed by atoms with Crippen molar-refractivity contribution in [1.82, 2.24) is 0 Å². The number of methoxy groups -OCH3 is 1. The summed E-state index contributed by atoms with van der Waals surface area (Å²) in [6.07, 6.45) is 5.68. The lowest BCUT2D eigenvalue weighted by atomic mass is 9.78. The minimum atomic E-state index is 0.704. The number of hydrogen-bond acceptors (Lipinski definition) is 2. The molecule has 2 nitrogen and oxygen atoms in total. The Labute approximate surface area is 97.0 Å². The molecule has 2 aliphatic rings. The summed E-state index contributed by atoms with van der Waals surface area (Å²) in [4.78, 5) is 0. The first kappa shape index (κ1) is 10.0. The predicted molar refractivity (Wildman–Crippen MR) is 66.2 cm³/mol. The molecular formula is C14H19NO. The number of rotatable bonds is 3. The zero-order chi connectivity index (χ0) is 11.0. The van der Waals surface area contributed by atoms with Crippen LogP contribution in [0, 0.1) is 5.92 Å². The summed E-state index contributed by atoms with van der Waals surface area (Å²) in [5.41, 5.74) is 2.69. The van der Waals surface area contributed by atoms with Crippen molar-refractivity contribution >= 4 is 5.69 Å². The Balaban J connectivity index is 1.81. The molecule has 1 heterocycles. The SMILES string of the molecule is COc1cccc2c1NCC2CC1CCC1. The van der Waals surface area contributed by atoms with Crippen LogP contribution in [0.3, 0.4) is 0 Å². The van der Waals surface area contributed by atoms with Crippen LogP contribution >= 0.6 is 0 Å². The summed E-state index contributed by atoms with van der Waals surface area (Å²) in [6, 6.07) is 6.40. The maximum Gasteiger partial charge on any atom is 0.142 e. The topological polar surface area (TPSA) is 21.3 Å². The molecule has 0 aromatic heterocycles. The van der Waals surface area contributed by atoms with Gasteiger partial charge in [-0.3, -0.25) is 0 Å². The molecule has 0 saturated heterocycles. The van der Waals surface area contributed by atoms with Gasteiger partial charge in [0.1, 0.15) is 5.75 Å². The minimum absolute atomic E-state index is 0.704. The number of hydrogen-bond donors (Lipinski definition) is 1. The average molecular weight is 217 g/mol. The Bertz CT molecular complexity index is 384. The van der Waals surface area contributed by atoms with Crippen molar-refractivity contribution in [2.24, 2.45) is 5.92 Å². The number of para-hydroxylation sites is 1. The first-order valence-electron chi connectivity index (χ1n) is 6.29. The average Bonchev–Trinajstić information content (AvgIpc) is 2.66. The lowest BCUT2D eigenvalue weighted by molar-refractivity contribution is 0.280. The molecule has 1 atom stereocenters. The maximum atomic E-state index is 5.39. The van der Waals surface area contributed by atoms with Crippen LogP contribution in [0.1, 0.15) is 37.2 Å². The van der Waals surface area contributed by atoms with Crippen molar-refractivity contribution in [3.05, 3.63) is 23.8 Å². The van der Waals surface area contributed by atoms with Crippen molar-refractivity contribution in [1.29, 1.82) is 0 Å². The van der Waals surface area contributed by atoms with Crippen LogP contribution in [-0.2, 0) is 0 Å². The van der Waals surface area contributed by atoms with Gasteiger partial charge in [-0.1, -0.05) is 31.4 Å². The van der Waals surface area contributed by atoms with E-state index in [9.17, 15) is 0 Å². The summed E-state index contributed by atoms with van der Waals surface area (Å²) >= 11 is 0. The molecule has 1 aromatic carbocycles. The summed E-state index contributed by atoms with van der Waals surface area (Å²) in [7, 11) is 1.75. The lowest BCUT2D eigenvalue weighted by Crippen LogP contribution is -2.16. The largest absolute Gasteiger partial charge is 0.495 e. The van der Waals surface area contributed by atoms with E-state index in [-0.39, 0.29) is 0 Å². The fourth-order valence-electron chi connectivity index (χ4n) is 2.92. The Morgan fingerprint density at radius 1 is 1.38 bits per heavy atom. The third kappa shape index (κ3) is 1.57.